The van der Waals surface area contributed by atoms with Gasteiger partial charge in [0.05, 0.1) is 0 Å². The number of halogens is 2. The van der Waals surface area contributed by atoms with Crippen molar-refractivity contribution >= 4 is 11.5 Å². The van der Waals surface area contributed by atoms with Gasteiger partial charge in [-0.3, -0.25) is 13.9 Å². The number of nitrogens with one attached hydrogen (secondary N) is 1. The molecule has 7 nitrogen and oxygen atoms in total. The van der Waals surface area contributed by atoms with Gasteiger partial charge in [0.1, 0.15) is 17.6 Å². The molecule has 1 aromatic heterocycles. The molecule has 0 saturated carbocycles. The summed E-state index contributed by atoms with van der Waals surface area (Å²) in [6.07, 6.45) is -4.87. The summed E-state index contributed by atoms with van der Waals surface area (Å²) >= 11 is 0. The van der Waals surface area contributed by atoms with Crippen molar-refractivity contribution in [3.63, 3.8) is 0 Å². The molecule has 9 heteroatoms. The van der Waals surface area contributed by atoms with Gasteiger partial charge in [-0.2, -0.15) is 0 Å². The molecule has 1 heterocycles. The Morgan fingerprint density at radius 1 is 1.33 bits per heavy atom. The van der Waals surface area contributed by atoms with Crippen LogP contribution < -0.4 is 22.3 Å². The molecule has 0 fully saturated rings. The zero-order valence-corrected chi connectivity index (χ0v) is 12.1. The Morgan fingerprint density at radius 2 is 1.90 bits per heavy atom. The number of anilines is 2. The first-order chi connectivity index (χ1) is 9.66. The maximum absolute atomic E-state index is 12.3. The van der Waals surface area contributed by atoms with E-state index in [1.807, 2.05) is 13.8 Å². The van der Waals surface area contributed by atoms with Crippen LogP contribution in [0.3, 0.4) is 0 Å². The van der Waals surface area contributed by atoms with Crippen LogP contribution >= 0.6 is 0 Å². The minimum atomic E-state index is -2.94. The highest BCUT2D eigenvalue weighted by Gasteiger charge is 2.20. The zero-order valence-electron chi connectivity index (χ0n) is 12.1. The summed E-state index contributed by atoms with van der Waals surface area (Å²) < 4.78 is 26.6. The van der Waals surface area contributed by atoms with Crippen LogP contribution in [-0.2, 0) is 13.6 Å². The number of alkyl halides is 2. The standard InChI is InChI=1S/C12H20F2N4O3/c1-6(2)5-18-10(15)8(11(20)17(3)12(18)21)16-4-7(19)9(13)14/h6-7,9,16,19H,4-5,15H2,1-3H3. The molecule has 1 unspecified atom stereocenters. The topological polar surface area (TPSA) is 102 Å². The predicted molar refractivity (Wildman–Crippen MR) is 75.7 cm³/mol. The molecule has 21 heavy (non-hydrogen) atoms. The number of hydrogen-bond acceptors (Lipinski definition) is 5. The van der Waals surface area contributed by atoms with E-state index >= 15 is 0 Å². The predicted octanol–water partition coefficient (Wildman–Crippen LogP) is -0.177. The third-order valence-corrected chi connectivity index (χ3v) is 2.91. The monoisotopic (exact) mass is 306 g/mol. The minimum Gasteiger partial charge on any atom is -0.385 e. The average Bonchev–Trinajstić information content (AvgIpc) is 2.40. The number of nitrogens with two attached hydrogens (primary N) is 1. The normalized spacial score (nSPS) is 13.0. The highest BCUT2D eigenvalue weighted by atomic mass is 19.3. The Bertz CT molecular complexity index is 610. The van der Waals surface area contributed by atoms with E-state index < -0.39 is 30.3 Å². The summed E-state index contributed by atoms with van der Waals surface area (Å²) in [4.78, 5) is 24.0. The first-order valence-corrected chi connectivity index (χ1v) is 6.46. The fraction of sp³-hybridized carbons (Fsp3) is 0.667. The van der Waals surface area contributed by atoms with Gasteiger partial charge in [0.25, 0.3) is 12.0 Å². The number of nitrogens with zero attached hydrogens (tertiary/aromatic N) is 2. The molecule has 0 aromatic carbocycles. The highest BCUT2D eigenvalue weighted by molar-refractivity contribution is 5.60. The Balaban J connectivity index is 3.23. The number of aromatic nitrogens is 2. The summed E-state index contributed by atoms with van der Waals surface area (Å²) in [6.45, 7) is 3.47. The van der Waals surface area contributed by atoms with Crippen molar-refractivity contribution in [3.8, 4) is 0 Å². The van der Waals surface area contributed by atoms with Crippen molar-refractivity contribution in [1.82, 2.24) is 9.13 Å². The Morgan fingerprint density at radius 3 is 2.38 bits per heavy atom. The van der Waals surface area contributed by atoms with Crippen LogP contribution in [0.4, 0.5) is 20.3 Å². The quantitative estimate of drug-likeness (QED) is 0.677. The van der Waals surface area contributed by atoms with Crippen molar-refractivity contribution in [2.45, 2.75) is 32.9 Å². The van der Waals surface area contributed by atoms with Crippen molar-refractivity contribution in [2.75, 3.05) is 17.6 Å². The number of aliphatic hydroxyl groups is 1. The summed E-state index contributed by atoms with van der Waals surface area (Å²) in [5, 5.41) is 11.5. The van der Waals surface area contributed by atoms with Gasteiger partial charge >= 0.3 is 5.69 Å². The Hall–Kier alpha value is -1.90. The van der Waals surface area contributed by atoms with Crippen LogP contribution in [-0.4, -0.2) is 33.3 Å². The highest BCUT2D eigenvalue weighted by Crippen LogP contribution is 2.13. The molecule has 0 radical (unpaired) electrons. The van der Waals surface area contributed by atoms with Crippen molar-refractivity contribution < 1.29 is 13.9 Å². The summed E-state index contributed by atoms with van der Waals surface area (Å²) in [5.74, 6) is -0.0275. The number of aliphatic hydroxyl groups excluding tert-OH is 1. The molecule has 0 bridgehead atoms. The number of nitrogen functional groups attached to an aromatic ring is 1. The second kappa shape index (κ2) is 6.70. The first-order valence-electron chi connectivity index (χ1n) is 6.46. The third kappa shape index (κ3) is 3.81. The van der Waals surface area contributed by atoms with Gasteiger partial charge in [-0.1, -0.05) is 13.8 Å². The van der Waals surface area contributed by atoms with Crippen LogP contribution in [0.2, 0.25) is 0 Å². The van der Waals surface area contributed by atoms with E-state index in [2.05, 4.69) is 5.32 Å². The van der Waals surface area contributed by atoms with Crippen molar-refractivity contribution in [1.29, 1.82) is 0 Å². The first kappa shape index (κ1) is 17.2. The van der Waals surface area contributed by atoms with Gasteiger partial charge in [-0.25, -0.2) is 13.6 Å². The van der Waals surface area contributed by atoms with E-state index in [-0.39, 0.29) is 24.0 Å². The molecule has 0 aliphatic rings. The van der Waals surface area contributed by atoms with E-state index in [9.17, 15) is 18.4 Å². The van der Waals surface area contributed by atoms with Gasteiger partial charge in [0.2, 0.25) is 0 Å². The van der Waals surface area contributed by atoms with Crippen LogP contribution in [0.15, 0.2) is 9.59 Å². The summed E-state index contributed by atoms with van der Waals surface area (Å²) in [6, 6.07) is 0. The van der Waals surface area contributed by atoms with Crippen LogP contribution in [0.25, 0.3) is 0 Å². The van der Waals surface area contributed by atoms with Gasteiger partial charge in [-0.15, -0.1) is 0 Å². The van der Waals surface area contributed by atoms with Gasteiger partial charge in [0.15, 0.2) is 0 Å². The van der Waals surface area contributed by atoms with Gasteiger partial charge < -0.3 is 16.2 Å². The van der Waals surface area contributed by atoms with Gasteiger partial charge in [-0.05, 0) is 5.92 Å². The molecule has 0 aliphatic heterocycles. The summed E-state index contributed by atoms with van der Waals surface area (Å²) in [5.41, 5.74) is 4.31. The van der Waals surface area contributed by atoms with E-state index in [1.165, 1.54) is 11.6 Å². The number of hydrogen-bond donors (Lipinski definition) is 3. The molecule has 1 atom stereocenters. The maximum Gasteiger partial charge on any atom is 0.332 e. The van der Waals surface area contributed by atoms with Gasteiger partial charge in [0, 0.05) is 20.1 Å². The lowest BCUT2D eigenvalue weighted by Crippen LogP contribution is -2.42. The molecule has 0 spiro atoms. The Kier molecular flexibility index (Phi) is 5.47. The summed E-state index contributed by atoms with van der Waals surface area (Å²) in [7, 11) is 1.27. The molecule has 0 saturated heterocycles. The van der Waals surface area contributed by atoms with Crippen LogP contribution in [0, 0.1) is 5.92 Å². The second-order valence-corrected chi connectivity index (χ2v) is 5.19. The van der Waals surface area contributed by atoms with Crippen molar-refractivity contribution in [3.05, 3.63) is 20.8 Å². The fourth-order valence-corrected chi connectivity index (χ4v) is 1.79. The maximum atomic E-state index is 12.3. The minimum absolute atomic E-state index is 0.0991. The lowest BCUT2D eigenvalue weighted by Gasteiger charge is -2.18. The third-order valence-electron chi connectivity index (χ3n) is 2.91. The Labute approximate surface area is 120 Å². The van der Waals surface area contributed by atoms with E-state index in [0.717, 1.165) is 4.57 Å². The molecule has 4 N–H and O–H groups in total. The molecular formula is C12H20F2N4O3. The van der Waals surface area contributed by atoms with Crippen LogP contribution in [0.5, 0.6) is 0 Å². The largest absolute Gasteiger partial charge is 0.385 e. The molecule has 0 amide bonds. The molecule has 1 rings (SSSR count). The van der Waals surface area contributed by atoms with Crippen LogP contribution in [0.1, 0.15) is 13.8 Å². The lowest BCUT2D eigenvalue weighted by molar-refractivity contribution is 0.00383. The van der Waals surface area contributed by atoms with Crippen molar-refractivity contribution in [2.24, 2.45) is 13.0 Å². The van der Waals surface area contributed by atoms with E-state index in [4.69, 9.17) is 10.8 Å². The molecule has 0 aliphatic carbocycles. The van der Waals surface area contributed by atoms with E-state index in [0.29, 0.717) is 0 Å². The SMILES string of the molecule is CC(C)Cn1c(N)c(NCC(O)C(F)F)c(=O)n(C)c1=O. The fourth-order valence-electron chi connectivity index (χ4n) is 1.79. The molecular weight excluding hydrogens is 286 g/mol. The number of rotatable bonds is 6. The molecule has 120 valence electrons. The lowest BCUT2D eigenvalue weighted by atomic mass is 10.2. The van der Waals surface area contributed by atoms with E-state index in [1.54, 1.807) is 0 Å². The smallest absolute Gasteiger partial charge is 0.332 e. The zero-order chi connectivity index (χ0) is 16.3. The molecule has 1 aromatic rings. The average molecular weight is 306 g/mol. The second-order valence-electron chi connectivity index (χ2n) is 5.19.